The average Bonchev–Trinajstić information content (AvgIpc) is 2.60. The standard InChI is InChI=1S/C27H32/c1-19-13-12-16-21(20-14-8-10-17-23(20)26(2,3)4)25(19)22-15-9-11-18-24(22)27(5,6)7/h8-18H,1-7H3. The fourth-order valence-electron chi connectivity index (χ4n) is 3.98. The predicted molar refractivity (Wildman–Crippen MR) is 119 cm³/mol. The summed E-state index contributed by atoms with van der Waals surface area (Å²) < 4.78 is 0. The van der Waals surface area contributed by atoms with E-state index in [-0.39, 0.29) is 10.8 Å². The summed E-state index contributed by atoms with van der Waals surface area (Å²) in [6.45, 7) is 16.0. The third-order valence-corrected chi connectivity index (χ3v) is 5.30. The largest absolute Gasteiger partial charge is 0.0619 e. The first-order valence-electron chi connectivity index (χ1n) is 9.90. The van der Waals surface area contributed by atoms with E-state index in [9.17, 15) is 0 Å². The Labute approximate surface area is 165 Å². The van der Waals surface area contributed by atoms with Crippen LogP contribution in [0.15, 0.2) is 66.7 Å². The van der Waals surface area contributed by atoms with E-state index in [1.165, 1.54) is 38.9 Å². The van der Waals surface area contributed by atoms with E-state index in [4.69, 9.17) is 0 Å². The molecule has 0 atom stereocenters. The van der Waals surface area contributed by atoms with Crippen molar-refractivity contribution in [2.24, 2.45) is 0 Å². The van der Waals surface area contributed by atoms with Gasteiger partial charge in [0.2, 0.25) is 0 Å². The van der Waals surface area contributed by atoms with Crippen molar-refractivity contribution in [3.8, 4) is 22.3 Å². The van der Waals surface area contributed by atoms with Crippen molar-refractivity contribution in [1.82, 2.24) is 0 Å². The van der Waals surface area contributed by atoms with E-state index >= 15 is 0 Å². The molecule has 3 rings (SSSR count). The number of benzene rings is 3. The van der Waals surface area contributed by atoms with Gasteiger partial charge in [-0.3, -0.25) is 0 Å². The van der Waals surface area contributed by atoms with Gasteiger partial charge in [-0.25, -0.2) is 0 Å². The number of aryl methyl sites for hydroxylation is 1. The summed E-state index contributed by atoms with van der Waals surface area (Å²) >= 11 is 0. The van der Waals surface area contributed by atoms with Gasteiger partial charge in [0, 0.05) is 0 Å². The molecule has 0 radical (unpaired) electrons. The summed E-state index contributed by atoms with van der Waals surface area (Å²) in [5.74, 6) is 0. The quantitative estimate of drug-likeness (QED) is 0.437. The first-order chi connectivity index (χ1) is 12.6. The molecule has 0 saturated carbocycles. The van der Waals surface area contributed by atoms with Gasteiger partial charge in [-0.2, -0.15) is 0 Å². The first-order valence-corrected chi connectivity index (χ1v) is 9.90. The molecular weight excluding hydrogens is 324 g/mol. The molecule has 0 spiro atoms. The smallest absolute Gasteiger partial charge is 0.00730 e. The van der Waals surface area contributed by atoms with Crippen LogP contribution in [0.1, 0.15) is 58.2 Å². The van der Waals surface area contributed by atoms with Crippen LogP contribution in [0.3, 0.4) is 0 Å². The SMILES string of the molecule is Cc1cccc(-c2ccccc2C(C)(C)C)c1-c1ccccc1C(C)(C)C. The van der Waals surface area contributed by atoms with E-state index in [0.29, 0.717) is 0 Å². The van der Waals surface area contributed by atoms with Crippen molar-refractivity contribution in [3.63, 3.8) is 0 Å². The molecule has 0 nitrogen and oxygen atoms in total. The zero-order valence-electron chi connectivity index (χ0n) is 17.9. The minimum atomic E-state index is 0.0969. The molecule has 0 heteroatoms. The van der Waals surface area contributed by atoms with Gasteiger partial charge in [-0.15, -0.1) is 0 Å². The second-order valence-electron chi connectivity index (χ2n) is 9.59. The predicted octanol–water partition coefficient (Wildman–Crippen LogP) is 7.92. The second-order valence-corrected chi connectivity index (χ2v) is 9.59. The molecule has 0 saturated heterocycles. The Morgan fingerprint density at radius 2 is 0.926 bits per heavy atom. The monoisotopic (exact) mass is 356 g/mol. The van der Waals surface area contributed by atoms with Crippen LogP contribution < -0.4 is 0 Å². The zero-order chi connectivity index (χ0) is 19.8. The highest BCUT2D eigenvalue weighted by Gasteiger charge is 2.24. The number of hydrogen-bond donors (Lipinski definition) is 0. The molecule has 0 aliphatic rings. The van der Waals surface area contributed by atoms with Crippen LogP contribution in [0.4, 0.5) is 0 Å². The average molecular weight is 357 g/mol. The lowest BCUT2D eigenvalue weighted by Crippen LogP contribution is -2.14. The molecule has 0 aliphatic carbocycles. The molecule has 0 heterocycles. The Bertz CT molecular complexity index is 946. The Hall–Kier alpha value is -2.34. The van der Waals surface area contributed by atoms with E-state index in [2.05, 4.69) is 115 Å². The number of rotatable bonds is 2. The summed E-state index contributed by atoms with van der Waals surface area (Å²) in [7, 11) is 0. The van der Waals surface area contributed by atoms with E-state index in [0.717, 1.165) is 0 Å². The minimum absolute atomic E-state index is 0.0969. The topological polar surface area (TPSA) is 0 Å². The van der Waals surface area contributed by atoms with Crippen molar-refractivity contribution < 1.29 is 0 Å². The summed E-state index contributed by atoms with van der Waals surface area (Å²) in [4.78, 5) is 0. The van der Waals surface area contributed by atoms with Gasteiger partial charge in [0.05, 0.1) is 0 Å². The van der Waals surface area contributed by atoms with E-state index in [1.807, 2.05) is 0 Å². The van der Waals surface area contributed by atoms with Gasteiger partial charge in [-0.1, -0.05) is 108 Å². The normalized spacial score (nSPS) is 12.3. The van der Waals surface area contributed by atoms with Gasteiger partial charge < -0.3 is 0 Å². The van der Waals surface area contributed by atoms with E-state index < -0.39 is 0 Å². The second kappa shape index (κ2) is 7.00. The fourth-order valence-corrected chi connectivity index (χ4v) is 3.98. The summed E-state index contributed by atoms with van der Waals surface area (Å²) in [5, 5.41) is 0. The molecular formula is C27H32. The van der Waals surface area contributed by atoms with Gasteiger partial charge in [0.1, 0.15) is 0 Å². The van der Waals surface area contributed by atoms with E-state index in [1.54, 1.807) is 0 Å². The molecule has 0 aromatic heterocycles. The lowest BCUT2D eigenvalue weighted by atomic mass is 9.77. The molecule has 0 bridgehead atoms. The molecule has 3 aromatic carbocycles. The van der Waals surface area contributed by atoms with Gasteiger partial charge >= 0.3 is 0 Å². The van der Waals surface area contributed by atoms with Crippen molar-refractivity contribution in [2.75, 3.05) is 0 Å². The van der Waals surface area contributed by atoms with Crippen LogP contribution in [0.2, 0.25) is 0 Å². The van der Waals surface area contributed by atoms with Gasteiger partial charge in [0.25, 0.3) is 0 Å². The molecule has 0 fully saturated rings. The molecule has 0 unspecified atom stereocenters. The Morgan fingerprint density at radius 3 is 1.48 bits per heavy atom. The molecule has 27 heavy (non-hydrogen) atoms. The summed E-state index contributed by atoms with van der Waals surface area (Å²) in [6, 6.07) is 24.5. The van der Waals surface area contributed by atoms with Crippen LogP contribution in [-0.4, -0.2) is 0 Å². The summed E-state index contributed by atoms with van der Waals surface area (Å²) in [5.41, 5.74) is 9.69. The van der Waals surface area contributed by atoms with Crippen LogP contribution in [0, 0.1) is 6.92 Å². The van der Waals surface area contributed by atoms with Crippen molar-refractivity contribution in [2.45, 2.75) is 59.3 Å². The molecule has 3 aromatic rings. The number of hydrogen-bond acceptors (Lipinski definition) is 0. The molecule has 0 aliphatic heterocycles. The van der Waals surface area contributed by atoms with Crippen LogP contribution in [0.25, 0.3) is 22.3 Å². The van der Waals surface area contributed by atoms with Crippen molar-refractivity contribution in [3.05, 3.63) is 83.4 Å². The van der Waals surface area contributed by atoms with Gasteiger partial charge in [-0.05, 0) is 56.7 Å². The highest BCUT2D eigenvalue weighted by molar-refractivity contribution is 5.88. The maximum atomic E-state index is 2.30. The maximum Gasteiger partial charge on any atom is -0.00730 e. The van der Waals surface area contributed by atoms with Gasteiger partial charge in [0.15, 0.2) is 0 Å². The molecule has 0 N–H and O–H groups in total. The maximum absolute atomic E-state index is 2.30. The highest BCUT2D eigenvalue weighted by atomic mass is 14.3. The molecule has 140 valence electrons. The van der Waals surface area contributed by atoms with Crippen LogP contribution in [0.5, 0.6) is 0 Å². The third-order valence-electron chi connectivity index (χ3n) is 5.30. The van der Waals surface area contributed by atoms with Crippen molar-refractivity contribution in [1.29, 1.82) is 0 Å². The van der Waals surface area contributed by atoms with Crippen LogP contribution >= 0.6 is 0 Å². The first kappa shape index (κ1) is 19.4. The zero-order valence-corrected chi connectivity index (χ0v) is 17.9. The Morgan fingerprint density at radius 1 is 0.481 bits per heavy atom. The van der Waals surface area contributed by atoms with Crippen molar-refractivity contribution >= 4 is 0 Å². The van der Waals surface area contributed by atoms with Crippen LogP contribution in [-0.2, 0) is 10.8 Å². The Balaban J connectivity index is 2.36. The fraction of sp³-hybridized carbons (Fsp3) is 0.333. The lowest BCUT2D eigenvalue weighted by molar-refractivity contribution is 0.591. The highest BCUT2D eigenvalue weighted by Crippen LogP contribution is 2.42. The lowest BCUT2D eigenvalue weighted by Gasteiger charge is -2.27. The Kier molecular flexibility index (Phi) is 5.04. The third kappa shape index (κ3) is 3.86. The minimum Gasteiger partial charge on any atom is -0.0619 e. The summed E-state index contributed by atoms with van der Waals surface area (Å²) in [6.07, 6.45) is 0. The molecule has 0 amide bonds.